The van der Waals surface area contributed by atoms with Crippen LogP contribution in [0, 0.1) is 6.92 Å². The van der Waals surface area contributed by atoms with Crippen molar-refractivity contribution in [1.29, 1.82) is 0 Å². The molecule has 3 aromatic heterocycles. The van der Waals surface area contributed by atoms with Gasteiger partial charge in [0, 0.05) is 31.5 Å². The van der Waals surface area contributed by atoms with Crippen LogP contribution in [-0.2, 0) is 0 Å². The highest BCUT2D eigenvalue weighted by molar-refractivity contribution is 6.02. The SMILES string of the molecule is COc1cc(NC(=O)c2cnc(N3CCCC3)cn2)cn2cc(C)nc12. The van der Waals surface area contributed by atoms with Crippen molar-refractivity contribution in [1.82, 2.24) is 19.4 Å². The molecule has 1 aliphatic rings. The number of hydrogen-bond donors (Lipinski definition) is 1. The molecule has 0 spiro atoms. The summed E-state index contributed by atoms with van der Waals surface area (Å²) >= 11 is 0. The number of aromatic nitrogens is 4. The number of amides is 1. The zero-order valence-electron chi connectivity index (χ0n) is 14.8. The molecule has 0 saturated carbocycles. The van der Waals surface area contributed by atoms with Gasteiger partial charge in [-0.3, -0.25) is 4.79 Å². The second-order valence-electron chi connectivity index (χ2n) is 6.32. The molecule has 8 heteroatoms. The van der Waals surface area contributed by atoms with Gasteiger partial charge in [-0.25, -0.2) is 15.0 Å². The summed E-state index contributed by atoms with van der Waals surface area (Å²) in [6, 6.07) is 1.74. The standard InChI is InChI=1S/C18H20N6O2/c1-12-10-24-11-13(7-15(26-2)17(24)21-12)22-18(25)14-8-20-16(9-19-14)23-5-3-4-6-23/h7-11H,3-6H2,1-2H3,(H,22,25). The molecule has 4 heterocycles. The monoisotopic (exact) mass is 352 g/mol. The number of fused-ring (bicyclic) bond motifs is 1. The number of methoxy groups -OCH3 is 1. The van der Waals surface area contributed by atoms with Crippen LogP contribution >= 0.6 is 0 Å². The number of ether oxygens (including phenoxy) is 1. The Hall–Kier alpha value is -3.16. The lowest BCUT2D eigenvalue weighted by Crippen LogP contribution is -2.20. The van der Waals surface area contributed by atoms with Crippen molar-refractivity contribution < 1.29 is 9.53 Å². The molecule has 0 radical (unpaired) electrons. The van der Waals surface area contributed by atoms with E-state index in [2.05, 4.69) is 25.2 Å². The highest BCUT2D eigenvalue weighted by Gasteiger charge is 2.16. The molecule has 3 aromatic rings. The Bertz CT molecular complexity index is 944. The van der Waals surface area contributed by atoms with E-state index < -0.39 is 0 Å². The number of anilines is 2. The number of imidazole rings is 1. The third-order valence-electron chi connectivity index (χ3n) is 4.42. The molecule has 0 unspecified atom stereocenters. The van der Waals surface area contributed by atoms with Crippen molar-refractivity contribution in [2.24, 2.45) is 0 Å². The first-order valence-electron chi connectivity index (χ1n) is 8.56. The first-order valence-corrected chi connectivity index (χ1v) is 8.56. The van der Waals surface area contributed by atoms with E-state index in [1.807, 2.05) is 17.5 Å². The van der Waals surface area contributed by atoms with Crippen LogP contribution in [0.1, 0.15) is 29.0 Å². The van der Waals surface area contributed by atoms with Crippen molar-refractivity contribution >= 4 is 23.1 Å². The fraction of sp³-hybridized carbons (Fsp3) is 0.333. The number of nitrogens with zero attached hydrogens (tertiary/aromatic N) is 5. The lowest BCUT2D eigenvalue weighted by Gasteiger charge is -2.15. The normalized spacial score (nSPS) is 14.0. The molecule has 0 aliphatic carbocycles. The van der Waals surface area contributed by atoms with Crippen LogP contribution in [0.3, 0.4) is 0 Å². The van der Waals surface area contributed by atoms with Gasteiger partial charge in [-0.2, -0.15) is 0 Å². The molecule has 1 N–H and O–H groups in total. The Kier molecular flexibility index (Phi) is 4.16. The van der Waals surface area contributed by atoms with E-state index in [1.54, 1.807) is 25.6 Å². The summed E-state index contributed by atoms with van der Waals surface area (Å²) in [5, 5.41) is 2.84. The average Bonchev–Trinajstić information content (AvgIpc) is 3.30. The fourth-order valence-corrected chi connectivity index (χ4v) is 3.15. The van der Waals surface area contributed by atoms with Gasteiger partial charge < -0.3 is 19.4 Å². The second kappa shape index (κ2) is 6.62. The van der Waals surface area contributed by atoms with E-state index in [9.17, 15) is 4.79 Å². The van der Waals surface area contributed by atoms with Gasteiger partial charge in [0.15, 0.2) is 11.4 Å². The highest BCUT2D eigenvalue weighted by atomic mass is 16.5. The van der Waals surface area contributed by atoms with E-state index in [0.29, 0.717) is 17.1 Å². The summed E-state index contributed by atoms with van der Waals surface area (Å²) in [6.07, 6.45) is 9.17. The number of pyridine rings is 1. The number of carbonyl (C=O) groups is 1. The minimum absolute atomic E-state index is 0.272. The van der Waals surface area contributed by atoms with E-state index >= 15 is 0 Å². The molecule has 0 bridgehead atoms. The Morgan fingerprint density at radius 3 is 2.69 bits per heavy atom. The maximum Gasteiger partial charge on any atom is 0.275 e. The molecular formula is C18H20N6O2. The number of aryl methyl sites for hydroxylation is 1. The highest BCUT2D eigenvalue weighted by Crippen LogP contribution is 2.24. The van der Waals surface area contributed by atoms with Crippen LogP contribution in [0.15, 0.2) is 30.9 Å². The molecule has 0 atom stereocenters. The quantitative estimate of drug-likeness (QED) is 0.775. The van der Waals surface area contributed by atoms with Crippen LogP contribution in [0.25, 0.3) is 5.65 Å². The topological polar surface area (TPSA) is 84.6 Å². The second-order valence-corrected chi connectivity index (χ2v) is 6.32. The number of nitrogens with one attached hydrogen (secondary N) is 1. The molecule has 26 heavy (non-hydrogen) atoms. The van der Waals surface area contributed by atoms with E-state index in [1.165, 1.54) is 19.0 Å². The summed E-state index contributed by atoms with van der Waals surface area (Å²) < 4.78 is 7.20. The van der Waals surface area contributed by atoms with E-state index in [0.717, 1.165) is 24.6 Å². The van der Waals surface area contributed by atoms with Crippen molar-refractivity contribution in [3.05, 3.63) is 42.2 Å². The van der Waals surface area contributed by atoms with Crippen molar-refractivity contribution in [3.8, 4) is 5.75 Å². The van der Waals surface area contributed by atoms with Gasteiger partial charge in [-0.1, -0.05) is 0 Å². The van der Waals surface area contributed by atoms with E-state index in [-0.39, 0.29) is 11.6 Å². The minimum Gasteiger partial charge on any atom is -0.493 e. The molecule has 1 aliphatic heterocycles. The van der Waals surface area contributed by atoms with E-state index in [4.69, 9.17) is 4.74 Å². The third-order valence-corrected chi connectivity index (χ3v) is 4.42. The average molecular weight is 352 g/mol. The summed E-state index contributed by atoms with van der Waals surface area (Å²) in [6.45, 7) is 3.89. The minimum atomic E-state index is -0.316. The third kappa shape index (κ3) is 3.05. The molecule has 8 nitrogen and oxygen atoms in total. The first kappa shape index (κ1) is 16.3. The first-order chi connectivity index (χ1) is 12.6. The van der Waals surface area contributed by atoms with Gasteiger partial charge in [0.1, 0.15) is 11.5 Å². The van der Waals surface area contributed by atoms with Crippen LogP contribution < -0.4 is 15.0 Å². The summed E-state index contributed by atoms with van der Waals surface area (Å²) in [5.41, 5.74) is 2.45. The number of hydrogen-bond acceptors (Lipinski definition) is 6. The zero-order chi connectivity index (χ0) is 18.1. The maximum atomic E-state index is 12.5. The van der Waals surface area contributed by atoms with Crippen LogP contribution in [0.4, 0.5) is 11.5 Å². The predicted octanol–water partition coefficient (Wildman–Crippen LogP) is 2.29. The van der Waals surface area contributed by atoms with Crippen molar-refractivity contribution in [3.63, 3.8) is 0 Å². The Morgan fingerprint density at radius 2 is 2.00 bits per heavy atom. The van der Waals surface area contributed by atoms with Crippen LogP contribution in [0.5, 0.6) is 5.75 Å². The molecule has 0 aromatic carbocycles. The molecule has 4 rings (SSSR count). The number of carbonyl (C=O) groups excluding carboxylic acids is 1. The van der Waals surface area contributed by atoms with Crippen molar-refractivity contribution in [2.75, 3.05) is 30.4 Å². The van der Waals surface area contributed by atoms with Gasteiger partial charge >= 0.3 is 0 Å². The summed E-state index contributed by atoms with van der Waals surface area (Å²) in [7, 11) is 1.58. The molecule has 1 amide bonds. The van der Waals surface area contributed by atoms with Gasteiger partial charge in [0.25, 0.3) is 5.91 Å². The van der Waals surface area contributed by atoms with Crippen LogP contribution in [0.2, 0.25) is 0 Å². The lowest BCUT2D eigenvalue weighted by molar-refractivity contribution is 0.102. The number of rotatable bonds is 4. The summed E-state index contributed by atoms with van der Waals surface area (Å²) in [5.74, 6) is 1.09. The van der Waals surface area contributed by atoms with Crippen molar-refractivity contribution in [2.45, 2.75) is 19.8 Å². The van der Waals surface area contributed by atoms with Gasteiger partial charge in [0.05, 0.1) is 30.9 Å². The Balaban J connectivity index is 1.54. The van der Waals surface area contributed by atoms with Gasteiger partial charge in [-0.15, -0.1) is 0 Å². The maximum absolute atomic E-state index is 12.5. The largest absolute Gasteiger partial charge is 0.493 e. The van der Waals surface area contributed by atoms with Crippen LogP contribution in [-0.4, -0.2) is 45.5 Å². The Labute approximate surface area is 150 Å². The fourth-order valence-electron chi connectivity index (χ4n) is 3.15. The van der Waals surface area contributed by atoms with Gasteiger partial charge in [-0.05, 0) is 19.8 Å². The molecule has 134 valence electrons. The zero-order valence-corrected chi connectivity index (χ0v) is 14.8. The molecule has 1 fully saturated rings. The summed E-state index contributed by atoms with van der Waals surface area (Å²) in [4.78, 5) is 27.7. The predicted molar refractivity (Wildman–Crippen MR) is 97.9 cm³/mol. The lowest BCUT2D eigenvalue weighted by atomic mass is 10.3. The molecule has 1 saturated heterocycles. The smallest absolute Gasteiger partial charge is 0.275 e. The van der Waals surface area contributed by atoms with Gasteiger partial charge in [0.2, 0.25) is 0 Å². The molecular weight excluding hydrogens is 332 g/mol. The Morgan fingerprint density at radius 1 is 1.19 bits per heavy atom.